The van der Waals surface area contributed by atoms with E-state index in [2.05, 4.69) is 15.3 Å². The number of aromatic nitrogens is 6. The largest absolute Gasteiger partial charge is 0.497 e. The number of hydrogen-bond donors (Lipinski definition) is 1. The van der Waals surface area contributed by atoms with Crippen molar-refractivity contribution in [2.75, 3.05) is 19.5 Å². The van der Waals surface area contributed by atoms with Crippen molar-refractivity contribution < 1.29 is 14.3 Å². The molecule has 0 saturated carbocycles. The number of carbonyl (C=O) groups excluding carboxylic acids is 1. The van der Waals surface area contributed by atoms with Gasteiger partial charge in [0, 0.05) is 6.07 Å². The number of nitrogens with two attached hydrogens (primary N) is 1. The van der Waals surface area contributed by atoms with Crippen LogP contribution in [0.2, 0.25) is 0 Å². The summed E-state index contributed by atoms with van der Waals surface area (Å²) in [6.07, 6.45) is 1.35. The summed E-state index contributed by atoms with van der Waals surface area (Å²) in [7, 11) is 1.61. The van der Waals surface area contributed by atoms with Gasteiger partial charge in [0.2, 0.25) is 5.82 Å². The molecule has 0 unspecified atom stereocenters. The third-order valence-electron chi connectivity index (χ3n) is 4.78. The summed E-state index contributed by atoms with van der Waals surface area (Å²) in [6.45, 7) is 5.77. The number of esters is 1. The van der Waals surface area contributed by atoms with Crippen molar-refractivity contribution in [2.45, 2.75) is 20.8 Å². The number of benzene rings is 1. The minimum Gasteiger partial charge on any atom is -0.497 e. The third-order valence-corrected chi connectivity index (χ3v) is 4.78. The van der Waals surface area contributed by atoms with Crippen molar-refractivity contribution in [1.29, 1.82) is 0 Å². The summed E-state index contributed by atoms with van der Waals surface area (Å²) in [4.78, 5) is 12.1. The highest BCUT2D eigenvalue weighted by Crippen LogP contribution is 2.29. The van der Waals surface area contributed by atoms with Gasteiger partial charge in [-0.25, -0.2) is 9.48 Å². The van der Waals surface area contributed by atoms with Crippen LogP contribution in [0.25, 0.3) is 22.4 Å². The van der Waals surface area contributed by atoms with Gasteiger partial charge in [-0.05, 0) is 32.9 Å². The number of nitrogens with zero attached hydrogens (tertiary/aromatic N) is 6. The molecule has 0 spiro atoms. The number of anilines is 1. The van der Waals surface area contributed by atoms with Crippen molar-refractivity contribution >= 4 is 22.7 Å². The van der Waals surface area contributed by atoms with Gasteiger partial charge in [0.15, 0.2) is 0 Å². The summed E-state index contributed by atoms with van der Waals surface area (Å²) >= 11 is 0. The van der Waals surface area contributed by atoms with Crippen LogP contribution in [0, 0.1) is 13.8 Å². The Labute approximate surface area is 172 Å². The second-order valence-electron chi connectivity index (χ2n) is 6.61. The fourth-order valence-electron chi connectivity index (χ4n) is 3.34. The zero-order valence-electron chi connectivity index (χ0n) is 17.1. The number of nitrogen functional groups attached to an aromatic ring is 1. The Bertz CT molecular complexity index is 1260. The monoisotopic (exact) mass is 407 g/mol. The van der Waals surface area contributed by atoms with Crippen LogP contribution in [-0.2, 0) is 4.74 Å². The van der Waals surface area contributed by atoms with Crippen LogP contribution < -0.4 is 10.5 Å². The molecule has 1 aromatic carbocycles. The standard InChI is InChI=1S/C20H21N7O3/c1-5-30-20(28)15-10-22-27(18(15)21)19-17-16(11(2)23-24-19)12(3)26(25-17)13-7-6-8-14(9-13)29-4/h6-10H,5,21H2,1-4H3. The summed E-state index contributed by atoms with van der Waals surface area (Å²) in [5.74, 6) is 0.612. The summed E-state index contributed by atoms with van der Waals surface area (Å²) in [5, 5.41) is 18.3. The fraction of sp³-hybridized carbons (Fsp3) is 0.250. The van der Waals surface area contributed by atoms with Gasteiger partial charge in [0.1, 0.15) is 22.6 Å². The topological polar surface area (TPSA) is 123 Å². The van der Waals surface area contributed by atoms with E-state index in [-0.39, 0.29) is 18.0 Å². The molecule has 3 heterocycles. The summed E-state index contributed by atoms with van der Waals surface area (Å²) in [5.41, 5.74) is 9.32. The molecule has 0 aliphatic rings. The first-order valence-corrected chi connectivity index (χ1v) is 9.34. The lowest BCUT2D eigenvalue weighted by molar-refractivity contribution is 0.0527. The van der Waals surface area contributed by atoms with Gasteiger partial charge in [-0.15, -0.1) is 5.10 Å². The number of carbonyl (C=O) groups is 1. The Morgan fingerprint density at radius 1 is 1.20 bits per heavy atom. The predicted molar refractivity (Wildman–Crippen MR) is 110 cm³/mol. The minimum absolute atomic E-state index is 0.112. The maximum absolute atomic E-state index is 12.1. The van der Waals surface area contributed by atoms with Crippen LogP contribution >= 0.6 is 0 Å². The Hall–Kier alpha value is -3.95. The number of aryl methyl sites for hydroxylation is 2. The second-order valence-corrected chi connectivity index (χ2v) is 6.61. The van der Waals surface area contributed by atoms with Crippen LogP contribution in [-0.4, -0.2) is 49.4 Å². The molecule has 0 aliphatic heterocycles. The van der Waals surface area contributed by atoms with Gasteiger partial charge in [0.05, 0.1) is 42.4 Å². The van der Waals surface area contributed by atoms with Crippen molar-refractivity contribution in [2.24, 2.45) is 0 Å². The number of rotatable bonds is 5. The molecule has 0 amide bonds. The Morgan fingerprint density at radius 2 is 2.00 bits per heavy atom. The van der Waals surface area contributed by atoms with Gasteiger partial charge < -0.3 is 15.2 Å². The lowest BCUT2D eigenvalue weighted by Gasteiger charge is -2.06. The highest BCUT2D eigenvalue weighted by molar-refractivity contribution is 5.95. The third kappa shape index (κ3) is 3.02. The van der Waals surface area contributed by atoms with E-state index in [1.807, 2.05) is 38.1 Å². The lowest BCUT2D eigenvalue weighted by atomic mass is 10.2. The molecule has 0 aliphatic carbocycles. The van der Waals surface area contributed by atoms with E-state index in [1.165, 1.54) is 10.9 Å². The van der Waals surface area contributed by atoms with Crippen molar-refractivity contribution in [3.05, 3.63) is 47.4 Å². The molecule has 4 rings (SSSR count). The van der Waals surface area contributed by atoms with Crippen LogP contribution in [0.3, 0.4) is 0 Å². The molecule has 0 saturated heterocycles. The van der Waals surface area contributed by atoms with E-state index in [0.29, 0.717) is 11.3 Å². The number of hydrogen-bond acceptors (Lipinski definition) is 8. The summed E-state index contributed by atoms with van der Waals surface area (Å²) in [6, 6.07) is 7.57. The van der Waals surface area contributed by atoms with Crippen molar-refractivity contribution in [1.82, 2.24) is 29.8 Å². The van der Waals surface area contributed by atoms with Gasteiger partial charge in [-0.2, -0.15) is 20.0 Å². The molecule has 4 aromatic rings. The number of fused-ring (bicyclic) bond motifs is 1. The van der Waals surface area contributed by atoms with Crippen LogP contribution in [0.5, 0.6) is 5.75 Å². The highest BCUT2D eigenvalue weighted by Gasteiger charge is 2.23. The molecule has 30 heavy (non-hydrogen) atoms. The maximum atomic E-state index is 12.1. The van der Waals surface area contributed by atoms with Gasteiger partial charge >= 0.3 is 5.97 Å². The first kappa shape index (κ1) is 19.4. The molecular weight excluding hydrogens is 386 g/mol. The first-order chi connectivity index (χ1) is 14.5. The smallest absolute Gasteiger partial charge is 0.343 e. The van der Waals surface area contributed by atoms with E-state index in [4.69, 9.17) is 20.3 Å². The second kappa shape index (κ2) is 7.47. The molecule has 0 radical (unpaired) electrons. The van der Waals surface area contributed by atoms with E-state index >= 15 is 0 Å². The maximum Gasteiger partial charge on any atom is 0.343 e. The Balaban J connectivity index is 1.91. The van der Waals surface area contributed by atoms with E-state index in [1.54, 1.807) is 18.7 Å². The zero-order chi connectivity index (χ0) is 21.4. The Kier molecular flexibility index (Phi) is 4.82. The van der Waals surface area contributed by atoms with Crippen LogP contribution in [0.15, 0.2) is 30.5 Å². The number of methoxy groups -OCH3 is 1. The first-order valence-electron chi connectivity index (χ1n) is 9.34. The van der Waals surface area contributed by atoms with Crippen molar-refractivity contribution in [3.8, 4) is 17.3 Å². The highest BCUT2D eigenvalue weighted by atomic mass is 16.5. The molecule has 2 N–H and O–H groups in total. The molecule has 0 fully saturated rings. The zero-order valence-corrected chi connectivity index (χ0v) is 17.1. The summed E-state index contributed by atoms with van der Waals surface area (Å²) < 4.78 is 13.5. The average Bonchev–Trinajstić information content (AvgIpc) is 3.30. The Morgan fingerprint density at radius 3 is 2.73 bits per heavy atom. The molecule has 10 heteroatoms. The SMILES string of the molecule is CCOC(=O)c1cnn(-c2nnc(C)c3c(C)n(-c4cccc(OC)c4)nc23)c1N. The van der Waals surface area contributed by atoms with Crippen molar-refractivity contribution in [3.63, 3.8) is 0 Å². The molecule has 0 bridgehead atoms. The van der Waals surface area contributed by atoms with Crippen LogP contribution in [0.4, 0.5) is 5.82 Å². The molecule has 154 valence electrons. The van der Waals surface area contributed by atoms with E-state index in [0.717, 1.165) is 28.2 Å². The lowest BCUT2D eigenvalue weighted by Crippen LogP contribution is -2.10. The molecule has 10 nitrogen and oxygen atoms in total. The quantitative estimate of drug-likeness (QED) is 0.500. The van der Waals surface area contributed by atoms with Gasteiger partial charge in [0.25, 0.3) is 0 Å². The van der Waals surface area contributed by atoms with Crippen LogP contribution in [0.1, 0.15) is 28.7 Å². The minimum atomic E-state index is -0.546. The molecular formula is C20H21N7O3. The van der Waals surface area contributed by atoms with Gasteiger partial charge in [-0.1, -0.05) is 6.07 Å². The molecule has 3 aromatic heterocycles. The van der Waals surface area contributed by atoms with Gasteiger partial charge in [-0.3, -0.25) is 0 Å². The average molecular weight is 407 g/mol. The van der Waals surface area contributed by atoms with E-state index in [9.17, 15) is 4.79 Å². The normalized spacial score (nSPS) is 11.1. The molecule has 0 atom stereocenters. The predicted octanol–water partition coefficient (Wildman–Crippen LogP) is 2.39. The fourth-order valence-corrected chi connectivity index (χ4v) is 3.34. The van der Waals surface area contributed by atoms with E-state index < -0.39 is 5.97 Å². The number of ether oxygens (including phenoxy) is 2.